The maximum Gasteiger partial charge on any atom is 0.327 e. The lowest BCUT2D eigenvalue weighted by atomic mass is 10.7. The largest absolute Gasteiger partial charge is 0.478 e. The highest BCUT2D eigenvalue weighted by Gasteiger charge is 1.73. The fourth-order valence-corrected chi connectivity index (χ4v) is 0.118. The van der Waals surface area contributed by atoms with Crippen LogP contribution in [0.5, 0.6) is 0 Å². The second kappa shape index (κ2) is 11.0. The number of rotatable bonds is 3. The first-order chi connectivity index (χ1) is 4.68. The van der Waals surface area contributed by atoms with Gasteiger partial charge in [0.15, 0.2) is 0 Å². The third-order valence-electron chi connectivity index (χ3n) is 0.410. The molecule has 0 aliphatic carbocycles. The zero-order valence-electron chi connectivity index (χ0n) is 6.16. The smallest absolute Gasteiger partial charge is 0.327 e. The van der Waals surface area contributed by atoms with E-state index < -0.39 is 5.97 Å². The van der Waals surface area contributed by atoms with Crippen molar-refractivity contribution in [2.45, 2.75) is 0 Å². The summed E-state index contributed by atoms with van der Waals surface area (Å²) in [6, 6.07) is 0. The summed E-state index contributed by atoms with van der Waals surface area (Å²) in [5, 5.41) is 7.60. The van der Waals surface area contributed by atoms with Gasteiger partial charge in [-0.25, -0.2) is 4.79 Å². The fourth-order valence-electron chi connectivity index (χ4n) is 0.118. The van der Waals surface area contributed by atoms with Gasteiger partial charge in [0.25, 0.3) is 0 Å². The zero-order chi connectivity index (χ0) is 8.41. The van der Waals surface area contributed by atoms with Gasteiger partial charge in [0.1, 0.15) is 6.79 Å². The summed E-state index contributed by atoms with van der Waals surface area (Å²) >= 11 is 0. The van der Waals surface area contributed by atoms with E-state index in [-0.39, 0.29) is 0 Å². The molecule has 0 aromatic carbocycles. The Kier molecular flexibility index (Phi) is 13.1. The number of carboxylic acids is 1. The molecule has 0 rings (SSSR count). The van der Waals surface area contributed by atoms with Gasteiger partial charge >= 0.3 is 5.97 Å². The molecule has 0 fully saturated rings. The Labute approximate surface area is 60.1 Å². The Hall–Kier alpha value is -0.870. The van der Waals surface area contributed by atoms with E-state index in [1.165, 1.54) is 0 Å². The lowest BCUT2D eigenvalue weighted by Crippen LogP contribution is -1.87. The van der Waals surface area contributed by atoms with E-state index in [4.69, 9.17) is 5.11 Å². The standard InChI is InChI=1S/C3H8O2.C3H4O2/c1-4-3-5-2;1-2-3(4)5/h3H2,1-2H3;2H,1H2,(H,4,5). The molecule has 4 heteroatoms. The van der Waals surface area contributed by atoms with Crippen LogP contribution >= 0.6 is 0 Å². The van der Waals surface area contributed by atoms with E-state index in [1.807, 2.05) is 0 Å². The number of hydrogen-bond acceptors (Lipinski definition) is 3. The lowest BCUT2D eigenvalue weighted by molar-refractivity contribution is -0.131. The van der Waals surface area contributed by atoms with E-state index in [0.29, 0.717) is 6.79 Å². The maximum absolute atomic E-state index is 9.25. The van der Waals surface area contributed by atoms with E-state index in [0.717, 1.165) is 6.08 Å². The molecule has 0 saturated heterocycles. The van der Waals surface area contributed by atoms with Crippen LogP contribution in [0.4, 0.5) is 0 Å². The molecule has 4 nitrogen and oxygen atoms in total. The summed E-state index contributed by atoms with van der Waals surface area (Å²) in [5.74, 6) is -0.981. The van der Waals surface area contributed by atoms with Crippen molar-refractivity contribution >= 4 is 5.97 Å². The van der Waals surface area contributed by atoms with Crippen LogP contribution in [0.15, 0.2) is 12.7 Å². The van der Waals surface area contributed by atoms with Gasteiger partial charge in [-0.3, -0.25) is 0 Å². The van der Waals surface area contributed by atoms with Crippen molar-refractivity contribution in [1.29, 1.82) is 0 Å². The minimum atomic E-state index is -0.981. The van der Waals surface area contributed by atoms with Crippen molar-refractivity contribution in [3.8, 4) is 0 Å². The Morgan fingerprint density at radius 1 is 1.60 bits per heavy atom. The highest BCUT2D eigenvalue weighted by molar-refractivity contribution is 5.78. The molecule has 0 bridgehead atoms. The highest BCUT2D eigenvalue weighted by atomic mass is 16.6. The van der Waals surface area contributed by atoms with Gasteiger partial charge in [0.05, 0.1) is 0 Å². The number of carbonyl (C=O) groups is 1. The van der Waals surface area contributed by atoms with Gasteiger partial charge in [-0.1, -0.05) is 6.58 Å². The molecule has 1 N–H and O–H groups in total. The average molecular weight is 148 g/mol. The molecule has 0 radical (unpaired) electrons. The summed E-state index contributed by atoms with van der Waals surface area (Å²) in [5.41, 5.74) is 0. The van der Waals surface area contributed by atoms with Crippen LogP contribution in [0.2, 0.25) is 0 Å². The van der Waals surface area contributed by atoms with Gasteiger partial charge in [-0.15, -0.1) is 0 Å². The van der Waals surface area contributed by atoms with Crippen LogP contribution in [0.25, 0.3) is 0 Å². The molecule has 0 aromatic heterocycles. The van der Waals surface area contributed by atoms with Crippen LogP contribution in [-0.2, 0) is 14.3 Å². The minimum Gasteiger partial charge on any atom is -0.478 e. The molecule has 0 saturated carbocycles. The van der Waals surface area contributed by atoms with Crippen LogP contribution in [0.3, 0.4) is 0 Å². The van der Waals surface area contributed by atoms with Crippen LogP contribution in [-0.4, -0.2) is 32.1 Å². The zero-order valence-corrected chi connectivity index (χ0v) is 6.16. The van der Waals surface area contributed by atoms with Crippen molar-refractivity contribution in [1.82, 2.24) is 0 Å². The molecule has 0 atom stereocenters. The highest BCUT2D eigenvalue weighted by Crippen LogP contribution is 1.60. The monoisotopic (exact) mass is 148 g/mol. The molecule has 0 amide bonds. The molecule has 10 heavy (non-hydrogen) atoms. The van der Waals surface area contributed by atoms with Gasteiger partial charge in [-0.05, 0) is 0 Å². The Balaban J connectivity index is 0. The minimum absolute atomic E-state index is 0.389. The normalized spacial score (nSPS) is 7.40. The number of carboxylic acid groups (broad SMARTS) is 1. The van der Waals surface area contributed by atoms with Crippen molar-refractivity contribution in [3.05, 3.63) is 12.7 Å². The number of hydrogen-bond donors (Lipinski definition) is 1. The number of ether oxygens (including phenoxy) is 2. The quantitative estimate of drug-likeness (QED) is 0.467. The lowest BCUT2D eigenvalue weighted by Gasteiger charge is -1.87. The van der Waals surface area contributed by atoms with E-state index in [9.17, 15) is 4.79 Å². The Morgan fingerprint density at radius 3 is 1.90 bits per heavy atom. The Morgan fingerprint density at radius 2 is 1.90 bits per heavy atom. The first kappa shape index (κ1) is 11.9. The van der Waals surface area contributed by atoms with Crippen molar-refractivity contribution < 1.29 is 19.4 Å². The van der Waals surface area contributed by atoms with Crippen LogP contribution in [0, 0.1) is 0 Å². The topological polar surface area (TPSA) is 55.8 Å². The summed E-state index contributed by atoms with van der Waals surface area (Å²) in [7, 11) is 3.17. The van der Waals surface area contributed by atoms with E-state index in [2.05, 4.69) is 16.1 Å². The average Bonchev–Trinajstić information content (AvgIpc) is 1.91. The third-order valence-corrected chi connectivity index (χ3v) is 0.410. The van der Waals surface area contributed by atoms with Gasteiger partial charge < -0.3 is 14.6 Å². The van der Waals surface area contributed by atoms with Crippen molar-refractivity contribution in [2.24, 2.45) is 0 Å². The second-order valence-electron chi connectivity index (χ2n) is 1.24. The molecule has 0 aliphatic rings. The molecular weight excluding hydrogens is 136 g/mol. The summed E-state index contributed by atoms with van der Waals surface area (Å²) in [6.45, 7) is 3.35. The number of methoxy groups -OCH3 is 2. The molecule has 0 heterocycles. The molecular formula is C6H12O4. The van der Waals surface area contributed by atoms with E-state index >= 15 is 0 Å². The van der Waals surface area contributed by atoms with Crippen molar-refractivity contribution in [2.75, 3.05) is 21.0 Å². The number of aliphatic carboxylic acids is 1. The maximum atomic E-state index is 9.25. The van der Waals surface area contributed by atoms with Gasteiger partial charge in [0.2, 0.25) is 0 Å². The summed E-state index contributed by atoms with van der Waals surface area (Å²) < 4.78 is 8.94. The molecule has 0 aliphatic heterocycles. The summed E-state index contributed by atoms with van der Waals surface area (Å²) in [4.78, 5) is 9.25. The predicted octanol–water partition coefficient (Wildman–Crippen LogP) is 0.494. The van der Waals surface area contributed by atoms with Gasteiger partial charge in [0, 0.05) is 20.3 Å². The van der Waals surface area contributed by atoms with Crippen LogP contribution in [0.1, 0.15) is 0 Å². The SMILES string of the molecule is C=CC(=O)O.COCOC. The van der Waals surface area contributed by atoms with Crippen molar-refractivity contribution in [3.63, 3.8) is 0 Å². The first-order valence-corrected chi connectivity index (χ1v) is 2.52. The third kappa shape index (κ3) is 27.3. The van der Waals surface area contributed by atoms with Crippen LogP contribution < -0.4 is 0 Å². The molecule has 60 valence electrons. The Bertz CT molecular complexity index is 87.7. The second-order valence-corrected chi connectivity index (χ2v) is 1.24. The molecule has 0 unspecified atom stereocenters. The predicted molar refractivity (Wildman–Crippen MR) is 36.7 cm³/mol. The molecule has 0 spiro atoms. The molecule has 0 aromatic rings. The van der Waals surface area contributed by atoms with E-state index in [1.54, 1.807) is 14.2 Å². The fraction of sp³-hybridized carbons (Fsp3) is 0.500. The summed E-state index contributed by atoms with van der Waals surface area (Å²) in [6.07, 6.45) is 0.833. The first-order valence-electron chi connectivity index (χ1n) is 2.52. The van der Waals surface area contributed by atoms with Gasteiger partial charge in [-0.2, -0.15) is 0 Å².